The number of aliphatic carboxylic acids is 1. The van der Waals surface area contributed by atoms with E-state index in [1.165, 1.54) is 0 Å². The Labute approximate surface area is 103 Å². The lowest BCUT2D eigenvalue weighted by atomic mass is 10.2. The summed E-state index contributed by atoms with van der Waals surface area (Å²) in [6, 6.07) is 8.72. The molecule has 0 fully saturated rings. The molecule has 5 nitrogen and oxygen atoms in total. The van der Waals surface area contributed by atoms with Crippen LogP contribution < -0.4 is 4.74 Å². The van der Waals surface area contributed by atoms with Gasteiger partial charge in [-0.15, -0.1) is 0 Å². The number of carboxylic acid groups (broad SMARTS) is 1. The van der Waals surface area contributed by atoms with E-state index in [1.807, 2.05) is 6.07 Å². The molecule has 1 aromatic carbocycles. The minimum absolute atomic E-state index is 0.138. The maximum atomic E-state index is 11.4. The Morgan fingerprint density at radius 3 is 2.83 bits per heavy atom. The number of esters is 1. The van der Waals surface area contributed by atoms with E-state index in [0.29, 0.717) is 5.75 Å². The lowest BCUT2D eigenvalue weighted by molar-refractivity contribution is -0.142. The van der Waals surface area contributed by atoms with Gasteiger partial charge in [-0.3, -0.25) is 14.6 Å². The zero-order valence-corrected chi connectivity index (χ0v) is 9.50. The van der Waals surface area contributed by atoms with Gasteiger partial charge in [0.1, 0.15) is 5.75 Å². The fourth-order valence-corrected chi connectivity index (χ4v) is 1.51. The molecule has 1 heterocycles. The van der Waals surface area contributed by atoms with Gasteiger partial charge in [-0.25, -0.2) is 0 Å². The summed E-state index contributed by atoms with van der Waals surface area (Å²) in [5, 5.41) is 9.32. The molecule has 0 saturated carbocycles. The van der Waals surface area contributed by atoms with E-state index in [2.05, 4.69) is 4.98 Å². The van der Waals surface area contributed by atoms with Gasteiger partial charge in [0.2, 0.25) is 0 Å². The zero-order valence-electron chi connectivity index (χ0n) is 9.50. The van der Waals surface area contributed by atoms with Crippen LogP contribution in [0.2, 0.25) is 0 Å². The maximum absolute atomic E-state index is 11.4. The third-order valence-corrected chi connectivity index (χ3v) is 2.35. The van der Waals surface area contributed by atoms with Crippen molar-refractivity contribution in [2.45, 2.75) is 12.8 Å². The number of fused-ring (bicyclic) bond motifs is 1. The van der Waals surface area contributed by atoms with Crippen LogP contribution in [-0.4, -0.2) is 22.0 Å². The van der Waals surface area contributed by atoms with E-state index in [1.54, 1.807) is 30.5 Å². The molecule has 0 aliphatic carbocycles. The molecule has 0 saturated heterocycles. The Hall–Kier alpha value is -2.43. The molecule has 0 atom stereocenters. The Morgan fingerprint density at radius 2 is 2.06 bits per heavy atom. The van der Waals surface area contributed by atoms with Crippen molar-refractivity contribution in [1.82, 2.24) is 4.98 Å². The van der Waals surface area contributed by atoms with Crippen molar-refractivity contribution in [3.63, 3.8) is 0 Å². The lowest BCUT2D eigenvalue weighted by Gasteiger charge is -2.04. The number of hydrogen-bond donors (Lipinski definition) is 1. The van der Waals surface area contributed by atoms with Gasteiger partial charge in [-0.1, -0.05) is 6.07 Å². The number of nitrogens with zero attached hydrogens (tertiary/aromatic N) is 1. The molecule has 0 radical (unpaired) electrons. The molecule has 0 amide bonds. The Morgan fingerprint density at radius 1 is 1.22 bits per heavy atom. The molecule has 92 valence electrons. The van der Waals surface area contributed by atoms with Crippen LogP contribution in [0.1, 0.15) is 12.8 Å². The van der Waals surface area contributed by atoms with Crippen LogP contribution in [0.15, 0.2) is 36.5 Å². The van der Waals surface area contributed by atoms with Crippen LogP contribution in [0.25, 0.3) is 10.9 Å². The first-order chi connectivity index (χ1) is 8.65. The molecule has 0 aliphatic rings. The number of ether oxygens (including phenoxy) is 1. The minimum Gasteiger partial charge on any atom is -0.481 e. The third-order valence-electron chi connectivity index (χ3n) is 2.35. The Kier molecular flexibility index (Phi) is 3.52. The van der Waals surface area contributed by atoms with Gasteiger partial charge >= 0.3 is 11.9 Å². The van der Waals surface area contributed by atoms with Crippen molar-refractivity contribution in [2.24, 2.45) is 0 Å². The second kappa shape index (κ2) is 5.27. The fourth-order valence-electron chi connectivity index (χ4n) is 1.51. The van der Waals surface area contributed by atoms with Crippen molar-refractivity contribution in [1.29, 1.82) is 0 Å². The third kappa shape index (κ3) is 3.04. The average molecular weight is 245 g/mol. The summed E-state index contributed by atoms with van der Waals surface area (Å²) >= 11 is 0. The van der Waals surface area contributed by atoms with Crippen molar-refractivity contribution in [3.05, 3.63) is 36.5 Å². The monoisotopic (exact) mass is 245 g/mol. The quantitative estimate of drug-likeness (QED) is 0.658. The van der Waals surface area contributed by atoms with Gasteiger partial charge in [-0.2, -0.15) is 0 Å². The van der Waals surface area contributed by atoms with E-state index in [9.17, 15) is 9.59 Å². The van der Waals surface area contributed by atoms with Crippen LogP contribution in [0.5, 0.6) is 5.75 Å². The SMILES string of the molecule is O=C(O)CCC(=O)Oc1ccc2ncccc2c1. The number of aromatic nitrogens is 1. The lowest BCUT2D eigenvalue weighted by Crippen LogP contribution is -2.10. The molecule has 1 N–H and O–H groups in total. The number of carbonyl (C=O) groups excluding carboxylic acids is 1. The maximum Gasteiger partial charge on any atom is 0.311 e. The molecular formula is C13H11NO4. The molecule has 2 rings (SSSR count). The van der Waals surface area contributed by atoms with Gasteiger partial charge in [0, 0.05) is 11.6 Å². The standard InChI is InChI=1S/C13H11NO4/c15-12(16)5-6-13(17)18-10-3-4-11-9(8-10)2-1-7-14-11/h1-4,7-8H,5-6H2,(H,15,16). The first-order valence-electron chi connectivity index (χ1n) is 5.42. The average Bonchev–Trinajstić information content (AvgIpc) is 2.36. The molecule has 1 aromatic heterocycles. The van der Waals surface area contributed by atoms with Crippen molar-refractivity contribution in [3.8, 4) is 5.75 Å². The molecule has 2 aromatic rings. The smallest absolute Gasteiger partial charge is 0.311 e. The number of pyridine rings is 1. The topological polar surface area (TPSA) is 76.5 Å². The second-order valence-corrected chi connectivity index (χ2v) is 3.73. The van der Waals surface area contributed by atoms with Gasteiger partial charge < -0.3 is 9.84 Å². The first-order valence-corrected chi connectivity index (χ1v) is 5.42. The summed E-state index contributed by atoms with van der Waals surface area (Å²) in [5.41, 5.74) is 0.808. The number of hydrogen-bond acceptors (Lipinski definition) is 4. The summed E-state index contributed by atoms with van der Waals surface area (Å²) in [5.74, 6) is -1.18. The van der Waals surface area contributed by atoms with Crippen LogP contribution >= 0.6 is 0 Å². The molecule has 0 bridgehead atoms. The van der Waals surface area contributed by atoms with E-state index < -0.39 is 11.9 Å². The summed E-state index contributed by atoms with van der Waals surface area (Å²) < 4.78 is 5.04. The summed E-state index contributed by atoms with van der Waals surface area (Å²) in [6.07, 6.45) is 1.31. The molecule has 18 heavy (non-hydrogen) atoms. The van der Waals surface area contributed by atoms with Gasteiger partial charge in [-0.05, 0) is 24.3 Å². The predicted molar refractivity (Wildman–Crippen MR) is 64.2 cm³/mol. The van der Waals surface area contributed by atoms with Crippen molar-refractivity contribution in [2.75, 3.05) is 0 Å². The highest BCUT2D eigenvalue weighted by atomic mass is 16.5. The van der Waals surface area contributed by atoms with Crippen molar-refractivity contribution < 1.29 is 19.4 Å². The minimum atomic E-state index is -1.02. The number of rotatable bonds is 4. The number of carboxylic acids is 1. The van der Waals surface area contributed by atoms with Gasteiger partial charge in [0.05, 0.1) is 18.4 Å². The van der Waals surface area contributed by atoms with E-state index >= 15 is 0 Å². The zero-order chi connectivity index (χ0) is 13.0. The molecule has 0 spiro atoms. The van der Waals surface area contributed by atoms with Gasteiger partial charge in [0.25, 0.3) is 0 Å². The fraction of sp³-hybridized carbons (Fsp3) is 0.154. The summed E-state index contributed by atoms with van der Waals surface area (Å²) in [4.78, 5) is 25.8. The van der Waals surface area contributed by atoms with E-state index in [0.717, 1.165) is 10.9 Å². The van der Waals surface area contributed by atoms with Crippen LogP contribution in [0.3, 0.4) is 0 Å². The van der Waals surface area contributed by atoms with Gasteiger partial charge in [0.15, 0.2) is 0 Å². The van der Waals surface area contributed by atoms with Crippen molar-refractivity contribution >= 4 is 22.8 Å². The summed E-state index contributed by atoms with van der Waals surface area (Å²) in [6.45, 7) is 0. The molecule has 5 heteroatoms. The van der Waals surface area contributed by atoms with Crippen LogP contribution in [0, 0.1) is 0 Å². The highest BCUT2D eigenvalue weighted by molar-refractivity contribution is 5.82. The Balaban J connectivity index is 2.07. The molecule has 0 aliphatic heterocycles. The van der Waals surface area contributed by atoms with Crippen LogP contribution in [0.4, 0.5) is 0 Å². The number of benzene rings is 1. The first kappa shape index (κ1) is 12.0. The number of carbonyl (C=O) groups is 2. The largest absolute Gasteiger partial charge is 0.481 e. The van der Waals surface area contributed by atoms with E-state index in [-0.39, 0.29) is 12.8 Å². The molecular weight excluding hydrogens is 234 g/mol. The highest BCUT2D eigenvalue weighted by Crippen LogP contribution is 2.19. The highest BCUT2D eigenvalue weighted by Gasteiger charge is 2.08. The molecule has 0 unspecified atom stereocenters. The normalized spacial score (nSPS) is 10.2. The van der Waals surface area contributed by atoms with Crippen LogP contribution in [-0.2, 0) is 9.59 Å². The van der Waals surface area contributed by atoms with E-state index in [4.69, 9.17) is 9.84 Å². The Bertz CT molecular complexity index is 594. The second-order valence-electron chi connectivity index (χ2n) is 3.73. The predicted octanol–water partition coefficient (Wildman–Crippen LogP) is 2.00. The summed E-state index contributed by atoms with van der Waals surface area (Å²) in [7, 11) is 0.